The Kier molecular flexibility index (Phi) is 7.36. The fraction of sp³-hybridized carbons (Fsp3) is 0.857. The van der Waals surface area contributed by atoms with Crippen molar-refractivity contribution in [2.45, 2.75) is 104 Å². The van der Waals surface area contributed by atoms with Crippen molar-refractivity contribution in [2.24, 2.45) is 34.5 Å². The summed E-state index contributed by atoms with van der Waals surface area (Å²) in [5.41, 5.74) is 1.45. The third kappa shape index (κ3) is 4.40. The van der Waals surface area contributed by atoms with E-state index in [9.17, 15) is 9.59 Å². The van der Waals surface area contributed by atoms with Gasteiger partial charge in [0.15, 0.2) is 5.78 Å². The lowest BCUT2D eigenvalue weighted by molar-refractivity contribution is -0.132. The minimum Gasteiger partial charge on any atom is -0.387 e. The van der Waals surface area contributed by atoms with E-state index in [1.807, 2.05) is 6.08 Å². The summed E-state index contributed by atoms with van der Waals surface area (Å²) in [7, 11) is 0. The average Bonchev–Trinajstić information content (AvgIpc) is 3.13. The first-order chi connectivity index (χ1) is 15.4. The molecule has 180 valence electrons. The topological polar surface area (TPSA) is 58.2 Å². The lowest BCUT2D eigenvalue weighted by Crippen LogP contribution is -2.57. The number of nitrogens with one attached hydrogen (secondary N) is 2. The molecule has 1 saturated heterocycles. The number of unbranched alkanes of at least 4 members (excludes halogenated alkanes) is 6. The van der Waals surface area contributed by atoms with E-state index in [1.54, 1.807) is 0 Å². The molecule has 1 heterocycles. The molecule has 0 spiro atoms. The number of carbonyl (C=O) groups excluding carboxylic acids is 2. The van der Waals surface area contributed by atoms with Crippen LogP contribution in [-0.2, 0) is 9.59 Å². The Labute approximate surface area is 195 Å². The molecule has 4 aliphatic rings. The number of hydrogen-bond acceptors (Lipinski definition) is 3. The van der Waals surface area contributed by atoms with Gasteiger partial charge < -0.3 is 10.6 Å². The fourth-order valence-electron chi connectivity index (χ4n) is 7.99. The monoisotopic (exact) mass is 442 g/mol. The molecule has 32 heavy (non-hydrogen) atoms. The lowest BCUT2D eigenvalue weighted by Gasteiger charge is -2.58. The van der Waals surface area contributed by atoms with Gasteiger partial charge in [0.25, 0.3) is 0 Å². The quantitative estimate of drug-likeness (QED) is 0.446. The summed E-state index contributed by atoms with van der Waals surface area (Å²) in [5.74, 6) is 2.68. The van der Waals surface area contributed by atoms with Gasteiger partial charge in [-0.25, -0.2) is 0 Å². The molecule has 1 aliphatic heterocycles. The molecule has 3 fully saturated rings. The van der Waals surface area contributed by atoms with Gasteiger partial charge in [-0.15, -0.1) is 0 Å². The highest BCUT2D eigenvalue weighted by molar-refractivity contribution is 5.91. The van der Waals surface area contributed by atoms with Crippen molar-refractivity contribution in [3.05, 3.63) is 11.8 Å². The maximum atomic E-state index is 13.2. The van der Waals surface area contributed by atoms with Crippen molar-refractivity contribution in [1.82, 2.24) is 10.6 Å². The molecule has 6 atom stereocenters. The first kappa shape index (κ1) is 23.8. The molecular formula is C28H46N2O2. The highest BCUT2D eigenvalue weighted by atomic mass is 16.2. The maximum Gasteiger partial charge on any atom is 0.223 e. The van der Waals surface area contributed by atoms with E-state index in [0.717, 1.165) is 38.8 Å². The van der Waals surface area contributed by atoms with Crippen LogP contribution in [0.25, 0.3) is 0 Å². The number of carbonyl (C=O) groups is 2. The van der Waals surface area contributed by atoms with Crippen molar-refractivity contribution in [1.29, 1.82) is 0 Å². The van der Waals surface area contributed by atoms with Crippen molar-refractivity contribution in [2.75, 3.05) is 13.1 Å². The van der Waals surface area contributed by atoms with Crippen LogP contribution >= 0.6 is 0 Å². The van der Waals surface area contributed by atoms with Gasteiger partial charge in [-0.2, -0.15) is 0 Å². The Morgan fingerprint density at radius 3 is 2.56 bits per heavy atom. The Morgan fingerprint density at radius 1 is 1.03 bits per heavy atom. The second kappa shape index (κ2) is 9.89. The summed E-state index contributed by atoms with van der Waals surface area (Å²) in [6.45, 7) is 8.88. The van der Waals surface area contributed by atoms with Crippen molar-refractivity contribution in [3.63, 3.8) is 0 Å². The molecule has 4 heteroatoms. The minimum absolute atomic E-state index is 0.121. The van der Waals surface area contributed by atoms with Crippen molar-refractivity contribution < 1.29 is 9.59 Å². The summed E-state index contributed by atoms with van der Waals surface area (Å²) in [5, 5.41) is 6.98. The molecule has 1 unspecified atom stereocenters. The number of ketones is 1. The van der Waals surface area contributed by atoms with Crippen LogP contribution in [0.1, 0.15) is 104 Å². The van der Waals surface area contributed by atoms with Crippen LogP contribution in [-0.4, -0.2) is 24.8 Å². The first-order valence-electron chi connectivity index (χ1n) is 13.7. The van der Waals surface area contributed by atoms with Gasteiger partial charge in [-0.3, -0.25) is 9.59 Å². The van der Waals surface area contributed by atoms with Crippen LogP contribution in [0.15, 0.2) is 11.8 Å². The third-order valence-corrected chi connectivity index (χ3v) is 9.99. The van der Waals surface area contributed by atoms with Crippen molar-refractivity contribution >= 4 is 11.7 Å². The van der Waals surface area contributed by atoms with E-state index in [0.29, 0.717) is 30.1 Å². The normalized spacial score (nSPS) is 38.2. The largest absolute Gasteiger partial charge is 0.387 e. The number of amides is 1. The van der Waals surface area contributed by atoms with Gasteiger partial charge in [0.1, 0.15) is 0 Å². The molecular weight excluding hydrogens is 396 g/mol. The Morgan fingerprint density at radius 2 is 1.78 bits per heavy atom. The lowest BCUT2D eigenvalue weighted by atomic mass is 9.50. The molecule has 0 aromatic heterocycles. The Hall–Kier alpha value is -1.32. The summed E-state index contributed by atoms with van der Waals surface area (Å²) < 4.78 is 0. The predicted molar refractivity (Wildman–Crippen MR) is 130 cm³/mol. The van der Waals surface area contributed by atoms with Gasteiger partial charge in [0.2, 0.25) is 5.91 Å². The van der Waals surface area contributed by atoms with E-state index in [2.05, 4.69) is 31.4 Å². The van der Waals surface area contributed by atoms with Crippen molar-refractivity contribution in [3.8, 4) is 0 Å². The van der Waals surface area contributed by atoms with Crippen LogP contribution in [0.4, 0.5) is 0 Å². The van der Waals surface area contributed by atoms with E-state index >= 15 is 0 Å². The molecule has 2 N–H and O–H groups in total. The molecule has 0 aromatic carbocycles. The Balaban J connectivity index is 1.31. The van der Waals surface area contributed by atoms with E-state index in [1.165, 1.54) is 57.1 Å². The number of allylic oxidation sites excluding steroid dienone is 2. The molecule has 0 aromatic rings. The first-order valence-corrected chi connectivity index (χ1v) is 13.7. The molecule has 2 saturated carbocycles. The number of piperidine rings is 1. The van der Waals surface area contributed by atoms with Crippen LogP contribution in [0, 0.1) is 34.5 Å². The summed E-state index contributed by atoms with van der Waals surface area (Å²) >= 11 is 0. The molecule has 3 aliphatic carbocycles. The van der Waals surface area contributed by atoms with Gasteiger partial charge >= 0.3 is 0 Å². The van der Waals surface area contributed by atoms with Crippen LogP contribution in [0.3, 0.4) is 0 Å². The van der Waals surface area contributed by atoms with E-state index in [-0.39, 0.29) is 22.5 Å². The second-order valence-electron chi connectivity index (χ2n) is 11.8. The average molecular weight is 443 g/mol. The molecule has 4 nitrogen and oxygen atoms in total. The highest BCUT2D eigenvalue weighted by Gasteiger charge is 2.60. The third-order valence-electron chi connectivity index (χ3n) is 9.99. The fourth-order valence-corrected chi connectivity index (χ4v) is 7.99. The van der Waals surface area contributed by atoms with E-state index < -0.39 is 0 Å². The molecule has 0 radical (unpaired) electrons. The van der Waals surface area contributed by atoms with Gasteiger partial charge in [-0.1, -0.05) is 59.3 Å². The highest BCUT2D eigenvalue weighted by Crippen LogP contribution is 2.64. The summed E-state index contributed by atoms with van der Waals surface area (Å²) in [6, 6.07) is 0. The standard InChI is InChI=1S/C28H46N2O2/c1-4-5-6-7-8-9-10-17-29-26(32)24-12-11-22-21-19-30-25-18-20(31)13-15-28(25,3)23(21)14-16-27(22,24)2/h18,21-24,30H,4-17,19H2,1-3H3,(H,29,32)/t21-,22-,23+,24?,27-,28+/m0/s1. The van der Waals surface area contributed by atoms with Crippen LogP contribution < -0.4 is 10.6 Å². The zero-order chi connectivity index (χ0) is 22.8. The van der Waals surface area contributed by atoms with Gasteiger partial charge in [0.05, 0.1) is 0 Å². The van der Waals surface area contributed by atoms with Crippen LogP contribution in [0.5, 0.6) is 0 Å². The zero-order valence-corrected chi connectivity index (χ0v) is 20.8. The molecule has 1 amide bonds. The Bertz CT molecular complexity index is 731. The second-order valence-corrected chi connectivity index (χ2v) is 11.8. The maximum absolute atomic E-state index is 13.2. The van der Waals surface area contributed by atoms with Crippen LogP contribution in [0.2, 0.25) is 0 Å². The number of hydrogen-bond donors (Lipinski definition) is 2. The number of fused-ring (bicyclic) bond motifs is 5. The predicted octanol–water partition coefficient (Wildman–Crippen LogP) is 5.77. The smallest absolute Gasteiger partial charge is 0.223 e. The molecule has 0 bridgehead atoms. The van der Waals surface area contributed by atoms with E-state index in [4.69, 9.17) is 0 Å². The number of rotatable bonds is 9. The zero-order valence-electron chi connectivity index (χ0n) is 20.8. The minimum atomic E-state index is 0.121. The molecule has 4 rings (SSSR count). The summed E-state index contributed by atoms with van der Waals surface area (Å²) in [4.78, 5) is 25.2. The van der Waals surface area contributed by atoms with Gasteiger partial charge in [-0.05, 0) is 61.7 Å². The summed E-state index contributed by atoms with van der Waals surface area (Å²) in [6.07, 6.45) is 17.1. The SMILES string of the molecule is CCCCCCCCCNC(=O)C1CC[C@H]2[C@@H]3CNC4=CC(=O)CC[C@]4(C)[C@@H]3CC[C@]12C. The van der Waals surface area contributed by atoms with Gasteiger partial charge in [0, 0.05) is 42.6 Å².